The zero-order valence-corrected chi connectivity index (χ0v) is 25.5. The van der Waals surface area contributed by atoms with Crippen molar-refractivity contribution in [2.45, 2.75) is 66.2 Å². The van der Waals surface area contributed by atoms with Crippen molar-refractivity contribution in [3.8, 4) is 5.75 Å². The van der Waals surface area contributed by atoms with Crippen LogP contribution in [0, 0.1) is 25.1 Å². The highest BCUT2D eigenvalue weighted by molar-refractivity contribution is 5.81. The van der Waals surface area contributed by atoms with Crippen molar-refractivity contribution in [3.05, 3.63) is 87.7 Å². The highest BCUT2D eigenvalue weighted by Crippen LogP contribution is 2.44. The summed E-state index contributed by atoms with van der Waals surface area (Å²) in [7, 11) is 1.85. The topological polar surface area (TPSA) is 118 Å². The van der Waals surface area contributed by atoms with Gasteiger partial charge in [-0.3, -0.25) is 14.5 Å². The molecule has 5 rings (SSSR count). The molecule has 10 heteroatoms. The molecule has 0 spiro atoms. The smallest absolute Gasteiger partial charge is 0.310 e. The number of halogens is 1. The summed E-state index contributed by atoms with van der Waals surface area (Å²) in [5, 5.41) is 25.8. The molecule has 2 N–H and O–H groups in total. The number of hydrogen-bond acceptors (Lipinski definition) is 6. The van der Waals surface area contributed by atoms with Crippen LogP contribution in [0.3, 0.4) is 0 Å². The van der Waals surface area contributed by atoms with Crippen LogP contribution in [0.5, 0.6) is 5.75 Å². The second-order valence-electron chi connectivity index (χ2n) is 11.7. The minimum atomic E-state index is -1.09. The fraction of sp³-hybridized carbons (Fsp3) is 0.394. The van der Waals surface area contributed by atoms with Gasteiger partial charge in [0.05, 0.1) is 10.9 Å². The summed E-state index contributed by atoms with van der Waals surface area (Å²) in [6.45, 7) is 11.4. The molecule has 2 atom stereocenters. The van der Waals surface area contributed by atoms with Gasteiger partial charge in [0.25, 0.3) is 6.47 Å². The summed E-state index contributed by atoms with van der Waals surface area (Å²) in [6, 6.07) is 15.0. The van der Waals surface area contributed by atoms with Crippen LogP contribution in [0.1, 0.15) is 66.5 Å². The average Bonchev–Trinajstić information content (AvgIpc) is 3.24. The number of carboxylic acids is 1. The predicted octanol–water partition coefficient (Wildman–Crippen LogP) is 5.84. The quantitative estimate of drug-likeness (QED) is 0.258. The molecule has 0 amide bonds. The van der Waals surface area contributed by atoms with Gasteiger partial charge >= 0.3 is 5.97 Å². The molecule has 1 aromatic heterocycles. The molecule has 0 radical (unpaired) electrons. The Morgan fingerprint density at radius 3 is 2.58 bits per heavy atom. The molecule has 0 saturated heterocycles. The molecular weight excluding hydrogens is 551 g/mol. The van der Waals surface area contributed by atoms with Gasteiger partial charge in [0, 0.05) is 38.2 Å². The summed E-state index contributed by atoms with van der Waals surface area (Å²) >= 11 is 0. The van der Waals surface area contributed by atoms with E-state index in [9.17, 15) is 14.3 Å². The Bertz CT molecular complexity index is 1630. The largest absolute Gasteiger partial charge is 0.489 e. The SMILES string of the molecule is CC[C@@H]1CN(Cc2cc(C(c3ccc4c(nnn4C)c3C)C(C)(C)C(=O)O)ccc2C)Cc2cc(F)ccc2O1.O=CO. The van der Waals surface area contributed by atoms with E-state index < -0.39 is 17.3 Å². The lowest BCUT2D eigenvalue weighted by molar-refractivity contribution is -0.147. The number of benzene rings is 3. The lowest BCUT2D eigenvalue weighted by Gasteiger charge is -2.33. The van der Waals surface area contributed by atoms with Crippen LogP contribution in [-0.4, -0.2) is 55.2 Å². The number of nitrogens with zero attached hydrogens (tertiary/aromatic N) is 4. The monoisotopic (exact) mass is 590 g/mol. The Morgan fingerprint density at radius 2 is 1.91 bits per heavy atom. The molecule has 0 saturated carbocycles. The predicted molar refractivity (Wildman–Crippen MR) is 162 cm³/mol. The summed E-state index contributed by atoms with van der Waals surface area (Å²) < 4.78 is 22.0. The van der Waals surface area contributed by atoms with Gasteiger partial charge in [0.1, 0.15) is 23.2 Å². The zero-order valence-electron chi connectivity index (χ0n) is 25.5. The summed E-state index contributed by atoms with van der Waals surface area (Å²) in [5.41, 5.74) is 6.45. The second kappa shape index (κ2) is 12.9. The number of aryl methyl sites for hydroxylation is 3. The third-order valence-electron chi connectivity index (χ3n) is 8.39. The van der Waals surface area contributed by atoms with E-state index in [2.05, 4.69) is 41.2 Å². The lowest BCUT2D eigenvalue weighted by atomic mass is 9.69. The Hall–Kier alpha value is -4.31. The van der Waals surface area contributed by atoms with E-state index in [1.165, 1.54) is 6.07 Å². The Morgan fingerprint density at radius 1 is 1.19 bits per heavy atom. The molecule has 0 bridgehead atoms. The summed E-state index contributed by atoms with van der Waals surface area (Å²) in [5.74, 6) is -0.822. The molecule has 1 aliphatic heterocycles. The van der Waals surface area contributed by atoms with E-state index >= 15 is 0 Å². The average molecular weight is 591 g/mol. The lowest BCUT2D eigenvalue weighted by Crippen LogP contribution is -2.33. The molecule has 3 aromatic carbocycles. The van der Waals surface area contributed by atoms with E-state index in [1.54, 1.807) is 30.7 Å². The normalized spacial score (nSPS) is 15.9. The first-order valence-corrected chi connectivity index (χ1v) is 14.3. The van der Waals surface area contributed by atoms with Gasteiger partial charge in [0.2, 0.25) is 0 Å². The van der Waals surface area contributed by atoms with Crippen molar-refractivity contribution in [2.24, 2.45) is 12.5 Å². The highest BCUT2D eigenvalue weighted by atomic mass is 19.1. The summed E-state index contributed by atoms with van der Waals surface area (Å²) in [6.07, 6.45) is 0.834. The number of fused-ring (bicyclic) bond motifs is 2. The van der Waals surface area contributed by atoms with Crippen molar-refractivity contribution in [1.29, 1.82) is 0 Å². The molecule has 43 heavy (non-hydrogen) atoms. The van der Waals surface area contributed by atoms with Crippen LogP contribution in [-0.2, 0) is 29.7 Å². The highest BCUT2D eigenvalue weighted by Gasteiger charge is 2.40. The molecule has 4 aromatic rings. The van der Waals surface area contributed by atoms with Crippen LogP contribution in [0.25, 0.3) is 11.0 Å². The second-order valence-corrected chi connectivity index (χ2v) is 11.7. The van der Waals surface area contributed by atoms with Gasteiger partial charge in [-0.15, -0.1) is 5.10 Å². The molecule has 2 heterocycles. The summed E-state index contributed by atoms with van der Waals surface area (Å²) in [4.78, 5) is 23.3. The molecule has 228 valence electrons. The number of carboxylic acid groups (broad SMARTS) is 2. The van der Waals surface area contributed by atoms with Gasteiger partial charge in [0.15, 0.2) is 0 Å². The molecule has 0 fully saturated rings. The fourth-order valence-corrected chi connectivity index (χ4v) is 5.88. The number of carbonyl (C=O) groups is 2. The van der Waals surface area contributed by atoms with Crippen molar-refractivity contribution in [2.75, 3.05) is 6.54 Å². The van der Waals surface area contributed by atoms with Gasteiger partial charge < -0.3 is 14.9 Å². The van der Waals surface area contributed by atoms with Gasteiger partial charge in [-0.05, 0) is 86.2 Å². The Balaban J connectivity index is 0.00000135. The first kappa shape index (κ1) is 31.6. The minimum Gasteiger partial charge on any atom is -0.489 e. The number of aliphatic carboxylic acids is 1. The standard InChI is InChI=1S/C32H37FN4O3.CH2O2/c1-7-25-18-37(17-23-15-24(33)10-13-28(23)40-25)16-22-14-21(9-8-19(22)2)29(32(4,5)31(38)39)26-11-12-27-30(20(26)3)34-35-36(27)6;2-1-3/h8-15,25,29H,7,16-18H2,1-6H3,(H,38,39);1H,(H,2,3)/t25-,29?;/m1./s1. The van der Waals surface area contributed by atoms with E-state index in [4.69, 9.17) is 14.6 Å². The van der Waals surface area contributed by atoms with Crippen molar-refractivity contribution in [3.63, 3.8) is 0 Å². The number of ether oxygens (including phenoxy) is 1. The third kappa shape index (κ3) is 6.54. The van der Waals surface area contributed by atoms with Crippen LogP contribution in [0.4, 0.5) is 4.39 Å². The van der Waals surface area contributed by atoms with E-state index in [0.29, 0.717) is 19.6 Å². The molecule has 1 unspecified atom stereocenters. The van der Waals surface area contributed by atoms with Crippen LogP contribution >= 0.6 is 0 Å². The van der Waals surface area contributed by atoms with E-state index in [0.717, 1.165) is 56.6 Å². The molecule has 0 aliphatic carbocycles. The van der Waals surface area contributed by atoms with E-state index in [-0.39, 0.29) is 18.4 Å². The first-order chi connectivity index (χ1) is 20.4. The molecule has 9 nitrogen and oxygen atoms in total. The van der Waals surface area contributed by atoms with Crippen LogP contribution in [0.2, 0.25) is 0 Å². The maximum absolute atomic E-state index is 14.1. The van der Waals surface area contributed by atoms with Crippen molar-refractivity contribution >= 4 is 23.5 Å². The maximum atomic E-state index is 14.1. The molecule has 1 aliphatic rings. The fourth-order valence-electron chi connectivity index (χ4n) is 5.88. The van der Waals surface area contributed by atoms with Gasteiger partial charge in [-0.25, -0.2) is 9.07 Å². The third-order valence-corrected chi connectivity index (χ3v) is 8.39. The Kier molecular flexibility index (Phi) is 9.49. The minimum absolute atomic E-state index is 0.00440. The van der Waals surface area contributed by atoms with E-state index in [1.807, 2.05) is 32.2 Å². The number of rotatable bonds is 7. The maximum Gasteiger partial charge on any atom is 0.310 e. The number of aromatic nitrogens is 3. The van der Waals surface area contributed by atoms with Gasteiger partial charge in [-0.2, -0.15) is 0 Å². The number of hydrogen-bond donors (Lipinski definition) is 2. The van der Waals surface area contributed by atoms with Crippen molar-refractivity contribution < 1.29 is 28.9 Å². The first-order valence-electron chi connectivity index (χ1n) is 14.3. The van der Waals surface area contributed by atoms with Crippen molar-refractivity contribution in [1.82, 2.24) is 19.9 Å². The zero-order chi connectivity index (χ0) is 31.5. The van der Waals surface area contributed by atoms with Gasteiger partial charge in [-0.1, -0.05) is 36.4 Å². The molecular formula is C33H39FN4O5. The van der Waals surface area contributed by atoms with Crippen LogP contribution < -0.4 is 4.74 Å². The van der Waals surface area contributed by atoms with Crippen LogP contribution in [0.15, 0.2) is 48.5 Å². The Labute approximate surface area is 250 Å².